The van der Waals surface area contributed by atoms with Crippen LogP contribution in [-0.4, -0.2) is 50.5 Å². The van der Waals surface area contributed by atoms with Gasteiger partial charge in [-0.05, 0) is 50.6 Å². The van der Waals surface area contributed by atoms with Crippen molar-refractivity contribution in [3.05, 3.63) is 62.6 Å². The highest BCUT2D eigenvalue weighted by Gasteiger charge is 2.30. The molecule has 11 heteroatoms. The van der Waals surface area contributed by atoms with Crippen LogP contribution in [0.5, 0.6) is 0 Å². The SMILES string of the molecule is CCNC(=O)[C@H](C)N(Cc1c(Cl)cccc1Cl)C(=O)CN(c1ccc(C)c(Cl)c1)S(C)(=O)=O. The summed E-state index contributed by atoms with van der Waals surface area (Å²) in [5, 5.41) is 3.70. The maximum atomic E-state index is 13.4. The number of sulfonamides is 1. The first-order valence-corrected chi connectivity index (χ1v) is 13.1. The molecule has 180 valence electrons. The van der Waals surface area contributed by atoms with Crippen molar-refractivity contribution in [1.82, 2.24) is 10.2 Å². The lowest BCUT2D eigenvalue weighted by Crippen LogP contribution is -2.51. The molecule has 2 aromatic carbocycles. The molecule has 0 bridgehead atoms. The van der Waals surface area contributed by atoms with Crippen molar-refractivity contribution in [3.63, 3.8) is 0 Å². The molecule has 0 fully saturated rings. The second kappa shape index (κ2) is 11.4. The number of nitrogens with zero attached hydrogens (tertiary/aromatic N) is 2. The number of nitrogens with one attached hydrogen (secondary N) is 1. The van der Waals surface area contributed by atoms with Crippen molar-refractivity contribution >= 4 is 62.3 Å². The van der Waals surface area contributed by atoms with E-state index in [1.165, 1.54) is 11.0 Å². The zero-order valence-corrected chi connectivity index (χ0v) is 21.8. The van der Waals surface area contributed by atoms with E-state index in [-0.39, 0.29) is 12.2 Å². The van der Waals surface area contributed by atoms with E-state index < -0.39 is 34.4 Å². The standard InChI is InChI=1S/C22H26Cl3N3O4S/c1-5-26-22(30)15(3)27(12-17-18(23)7-6-8-19(17)24)21(29)13-28(33(4,31)32)16-10-9-14(2)20(25)11-16/h6-11,15H,5,12-13H2,1-4H3,(H,26,30)/t15-/m0/s1. The van der Waals surface area contributed by atoms with Gasteiger partial charge in [-0.1, -0.05) is 46.9 Å². The third kappa shape index (κ3) is 6.99. The van der Waals surface area contributed by atoms with Gasteiger partial charge in [-0.15, -0.1) is 0 Å². The summed E-state index contributed by atoms with van der Waals surface area (Å²) in [5.74, 6) is -0.995. The molecule has 0 radical (unpaired) electrons. The number of benzene rings is 2. The number of aryl methyl sites for hydroxylation is 1. The van der Waals surface area contributed by atoms with Crippen LogP contribution in [-0.2, 0) is 26.2 Å². The maximum Gasteiger partial charge on any atom is 0.244 e. The van der Waals surface area contributed by atoms with Crippen molar-refractivity contribution in [1.29, 1.82) is 0 Å². The number of likely N-dealkylation sites (N-methyl/N-ethyl adjacent to an activating group) is 1. The van der Waals surface area contributed by atoms with Gasteiger partial charge in [0.2, 0.25) is 21.8 Å². The van der Waals surface area contributed by atoms with Crippen LogP contribution in [0.3, 0.4) is 0 Å². The number of halogens is 3. The van der Waals surface area contributed by atoms with E-state index in [1.54, 1.807) is 51.1 Å². The summed E-state index contributed by atoms with van der Waals surface area (Å²) in [4.78, 5) is 27.2. The molecule has 1 N–H and O–H groups in total. The summed E-state index contributed by atoms with van der Waals surface area (Å²) >= 11 is 18.7. The number of rotatable bonds is 9. The van der Waals surface area contributed by atoms with E-state index in [1.807, 2.05) is 0 Å². The molecule has 0 spiro atoms. The topological polar surface area (TPSA) is 86.8 Å². The Kier molecular flexibility index (Phi) is 9.43. The summed E-state index contributed by atoms with van der Waals surface area (Å²) in [6.45, 7) is 4.85. The molecule has 0 saturated heterocycles. The van der Waals surface area contributed by atoms with Crippen molar-refractivity contribution < 1.29 is 18.0 Å². The number of carbonyl (C=O) groups excluding carboxylic acids is 2. The first-order valence-electron chi connectivity index (χ1n) is 10.1. The predicted molar refractivity (Wildman–Crippen MR) is 134 cm³/mol. The second-order valence-corrected chi connectivity index (χ2v) is 10.6. The first-order chi connectivity index (χ1) is 15.4. The van der Waals surface area contributed by atoms with E-state index in [0.29, 0.717) is 27.2 Å². The lowest BCUT2D eigenvalue weighted by Gasteiger charge is -2.32. The average molecular weight is 535 g/mol. The van der Waals surface area contributed by atoms with E-state index in [4.69, 9.17) is 34.8 Å². The molecule has 0 saturated carbocycles. The van der Waals surface area contributed by atoms with Crippen LogP contribution in [0.25, 0.3) is 0 Å². The van der Waals surface area contributed by atoms with Crippen LogP contribution in [0.2, 0.25) is 15.1 Å². The maximum absolute atomic E-state index is 13.4. The number of anilines is 1. The van der Waals surface area contributed by atoms with Crippen LogP contribution < -0.4 is 9.62 Å². The molecular weight excluding hydrogens is 509 g/mol. The fourth-order valence-corrected chi connectivity index (χ4v) is 4.64. The van der Waals surface area contributed by atoms with Gasteiger partial charge in [-0.3, -0.25) is 13.9 Å². The molecule has 0 aliphatic rings. The number of carbonyl (C=O) groups is 2. The van der Waals surface area contributed by atoms with Gasteiger partial charge in [0.1, 0.15) is 12.6 Å². The highest BCUT2D eigenvalue weighted by Crippen LogP contribution is 2.28. The zero-order chi connectivity index (χ0) is 24.9. The molecule has 1 atom stereocenters. The van der Waals surface area contributed by atoms with Gasteiger partial charge < -0.3 is 10.2 Å². The van der Waals surface area contributed by atoms with E-state index in [0.717, 1.165) is 16.1 Å². The monoisotopic (exact) mass is 533 g/mol. The Morgan fingerprint density at radius 2 is 1.67 bits per heavy atom. The van der Waals surface area contributed by atoms with Crippen LogP contribution >= 0.6 is 34.8 Å². The molecule has 0 aromatic heterocycles. The molecule has 33 heavy (non-hydrogen) atoms. The summed E-state index contributed by atoms with van der Waals surface area (Å²) in [7, 11) is -3.85. The van der Waals surface area contributed by atoms with Gasteiger partial charge in [0.05, 0.1) is 11.9 Å². The van der Waals surface area contributed by atoms with Gasteiger partial charge in [0.15, 0.2) is 0 Å². The third-order valence-electron chi connectivity index (χ3n) is 5.03. The fraction of sp³-hybridized carbons (Fsp3) is 0.364. The number of amides is 2. The molecule has 0 aliphatic carbocycles. The molecule has 0 unspecified atom stereocenters. The van der Waals surface area contributed by atoms with E-state index in [2.05, 4.69) is 5.32 Å². The van der Waals surface area contributed by atoms with Crippen molar-refractivity contribution in [2.45, 2.75) is 33.4 Å². The highest BCUT2D eigenvalue weighted by atomic mass is 35.5. The normalized spacial score (nSPS) is 12.2. The average Bonchev–Trinajstić information content (AvgIpc) is 2.72. The fourth-order valence-electron chi connectivity index (χ4n) is 3.11. The molecule has 2 rings (SSSR count). The predicted octanol–water partition coefficient (Wildman–Crippen LogP) is 4.27. The molecule has 7 nitrogen and oxygen atoms in total. The molecule has 2 aromatic rings. The summed E-state index contributed by atoms with van der Waals surface area (Å²) in [6.07, 6.45) is 0.997. The van der Waals surface area contributed by atoms with E-state index in [9.17, 15) is 18.0 Å². The van der Waals surface area contributed by atoms with Crippen LogP contribution in [0, 0.1) is 6.92 Å². The van der Waals surface area contributed by atoms with Gasteiger partial charge in [0.25, 0.3) is 0 Å². The molecule has 0 aliphatic heterocycles. The lowest BCUT2D eigenvalue weighted by molar-refractivity contribution is -0.139. The number of hydrogen-bond donors (Lipinski definition) is 1. The third-order valence-corrected chi connectivity index (χ3v) is 7.29. The summed E-state index contributed by atoms with van der Waals surface area (Å²) in [5.41, 5.74) is 1.46. The van der Waals surface area contributed by atoms with Crippen LogP contribution in [0.4, 0.5) is 5.69 Å². The van der Waals surface area contributed by atoms with Crippen LogP contribution in [0.1, 0.15) is 25.0 Å². The Morgan fingerprint density at radius 1 is 1.06 bits per heavy atom. The van der Waals surface area contributed by atoms with Gasteiger partial charge >= 0.3 is 0 Å². The minimum absolute atomic E-state index is 0.0815. The summed E-state index contributed by atoms with van der Waals surface area (Å²) in [6, 6.07) is 8.72. The van der Waals surface area contributed by atoms with E-state index >= 15 is 0 Å². The van der Waals surface area contributed by atoms with Crippen molar-refractivity contribution in [3.8, 4) is 0 Å². The Labute approximate surface area is 209 Å². The largest absolute Gasteiger partial charge is 0.355 e. The zero-order valence-electron chi connectivity index (χ0n) is 18.7. The smallest absolute Gasteiger partial charge is 0.244 e. The quantitative estimate of drug-likeness (QED) is 0.520. The summed E-state index contributed by atoms with van der Waals surface area (Å²) < 4.78 is 26.0. The first kappa shape index (κ1) is 27.2. The lowest BCUT2D eigenvalue weighted by atomic mass is 10.1. The van der Waals surface area contributed by atoms with Gasteiger partial charge in [0, 0.05) is 33.7 Å². The molecule has 2 amide bonds. The highest BCUT2D eigenvalue weighted by molar-refractivity contribution is 7.92. The second-order valence-electron chi connectivity index (χ2n) is 7.50. The minimum Gasteiger partial charge on any atom is -0.355 e. The Hall–Kier alpha value is -2.00. The van der Waals surface area contributed by atoms with Crippen molar-refractivity contribution in [2.24, 2.45) is 0 Å². The minimum atomic E-state index is -3.85. The van der Waals surface area contributed by atoms with Gasteiger partial charge in [-0.2, -0.15) is 0 Å². The van der Waals surface area contributed by atoms with Crippen molar-refractivity contribution in [2.75, 3.05) is 23.7 Å². The Bertz CT molecular complexity index is 1120. The van der Waals surface area contributed by atoms with Gasteiger partial charge in [-0.25, -0.2) is 8.42 Å². The Morgan fingerprint density at radius 3 is 2.18 bits per heavy atom. The molecular formula is C22H26Cl3N3O4S. The number of hydrogen-bond acceptors (Lipinski definition) is 4. The van der Waals surface area contributed by atoms with Crippen LogP contribution in [0.15, 0.2) is 36.4 Å². The molecule has 0 heterocycles. The Balaban J connectivity index is 2.46.